The number of hydrogen-bond acceptors (Lipinski definition) is 3. The van der Waals surface area contributed by atoms with Crippen molar-refractivity contribution >= 4 is 17.8 Å². The molecule has 1 atom stereocenters. The highest BCUT2D eigenvalue weighted by Crippen LogP contribution is 2.35. The van der Waals surface area contributed by atoms with Gasteiger partial charge in [0.25, 0.3) is 5.91 Å². The van der Waals surface area contributed by atoms with Gasteiger partial charge < -0.3 is 10.2 Å². The number of nitrogens with one attached hydrogen (secondary N) is 2. The van der Waals surface area contributed by atoms with Crippen molar-refractivity contribution in [3.63, 3.8) is 0 Å². The molecule has 0 radical (unpaired) electrons. The van der Waals surface area contributed by atoms with Crippen LogP contribution >= 0.6 is 0 Å². The summed E-state index contributed by atoms with van der Waals surface area (Å²) in [6, 6.07) is 0.0838. The number of amides is 4. The Bertz CT molecular complexity index is 763. The highest BCUT2D eigenvalue weighted by molar-refractivity contribution is 6.04. The lowest BCUT2D eigenvalue weighted by Crippen LogP contribution is -2.32. The fraction of sp³-hybridized carbons (Fsp3) is 0.400. The number of imide groups is 1. The predicted molar refractivity (Wildman–Crippen MR) is 75.4 cm³/mol. The SMILES string of the molecule is O=C1NC(=O)C(CCC(=O)N2Cc3cc(F)c(C(F)(F)F)cc3C2)N1. The van der Waals surface area contributed by atoms with Crippen molar-refractivity contribution in [2.24, 2.45) is 0 Å². The van der Waals surface area contributed by atoms with Gasteiger partial charge in [-0.15, -0.1) is 0 Å². The summed E-state index contributed by atoms with van der Waals surface area (Å²) >= 11 is 0. The van der Waals surface area contributed by atoms with Crippen LogP contribution in [0.3, 0.4) is 0 Å². The number of carbonyl (C=O) groups is 3. The van der Waals surface area contributed by atoms with E-state index in [1.54, 1.807) is 0 Å². The number of nitrogens with zero attached hydrogens (tertiary/aromatic N) is 1. The van der Waals surface area contributed by atoms with E-state index < -0.39 is 35.5 Å². The standard InChI is InChI=1S/C15H13F4N3O3/c16-10-4-8-6-22(5-7(8)3-9(10)15(17,18)19)12(23)2-1-11-13(24)21-14(25)20-11/h3-4,11H,1-2,5-6H2,(H2,20,21,24,25). The van der Waals surface area contributed by atoms with Crippen molar-refractivity contribution in [2.45, 2.75) is 38.1 Å². The second-order valence-electron chi connectivity index (χ2n) is 5.90. The van der Waals surface area contributed by atoms with Crippen molar-refractivity contribution in [3.05, 3.63) is 34.6 Å². The van der Waals surface area contributed by atoms with Gasteiger partial charge in [-0.25, -0.2) is 9.18 Å². The van der Waals surface area contributed by atoms with E-state index >= 15 is 0 Å². The van der Waals surface area contributed by atoms with Gasteiger partial charge in [0.1, 0.15) is 11.9 Å². The molecule has 1 saturated heterocycles. The first kappa shape index (κ1) is 17.2. The summed E-state index contributed by atoms with van der Waals surface area (Å²) in [6.45, 7) is -0.0484. The number of alkyl halides is 3. The van der Waals surface area contributed by atoms with Gasteiger partial charge in [0.15, 0.2) is 0 Å². The lowest BCUT2D eigenvalue weighted by Gasteiger charge is -2.16. The first-order valence-electron chi connectivity index (χ1n) is 7.43. The molecule has 2 aliphatic heterocycles. The van der Waals surface area contributed by atoms with E-state index in [0.717, 1.165) is 12.1 Å². The van der Waals surface area contributed by atoms with E-state index in [1.165, 1.54) is 4.90 Å². The Kier molecular flexibility index (Phi) is 4.13. The Morgan fingerprint density at radius 3 is 2.40 bits per heavy atom. The molecule has 2 N–H and O–H groups in total. The maximum atomic E-state index is 13.6. The molecule has 134 valence electrons. The van der Waals surface area contributed by atoms with Crippen LogP contribution in [-0.4, -0.2) is 28.8 Å². The Hall–Kier alpha value is -2.65. The molecule has 6 nitrogen and oxygen atoms in total. The smallest absolute Gasteiger partial charge is 0.334 e. The predicted octanol–water partition coefficient (Wildman–Crippen LogP) is 1.67. The molecule has 1 unspecified atom stereocenters. The highest BCUT2D eigenvalue weighted by atomic mass is 19.4. The van der Waals surface area contributed by atoms with E-state index in [4.69, 9.17) is 0 Å². The van der Waals surface area contributed by atoms with Gasteiger partial charge in [-0.3, -0.25) is 14.9 Å². The molecule has 1 fully saturated rings. The number of hydrogen-bond donors (Lipinski definition) is 2. The molecule has 1 aromatic rings. The largest absolute Gasteiger partial charge is 0.419 e. The van der Waals surface area contributed by atoms with Crippen LogP contribution in [0.4, 0.5) is 22.4 Å². The summed E-state index contributed by atoms with van der Waals surface area (Å²) < 4.78 is 51.8. The third-order valence-electron chi connectivity index (χ3n) is 4.18. The van der Waals surface area contributed by atoms with E-state index in [1.807, 2.05) is 5.32 Å². The first-order chi connectivity index (χ1) is 11.6. The zero-order valence-corrected chi connectivity index (χ0v) is 12.7. The molecule has 3 rings (SSSR count). The van der Waals surface area contributed by atoms with Crippen LogP contribution in [-0.2, 0) is 28.9 Å². The van der Waals surface area contributed by atoms with Crippen molar-refractivity contribution in [1.29, 1.82) is 0 Å². The van der Waals surface area contributed by atoms with Gasteiger partial charge >= 0.3 is 12.2 Å². The van der Waals surface area contributed by atoms with Gasteiger partial charge in [-0.05, 0) is 29.7 Å². The topological polar surface area (TPSA) is 78.5 Å². The van der Waals surface area contributed by atoms with Gasteiger partial charge in [-0.2, -0.15) is 13.2 Å². The quantitative estimate of drug-likeness (QED) is 0.637. The lowest BCUT2D eigenvalue weighted by atomic mass is 10.1. The minimum atomic E-state index is -4.80. The summed E-state index contributed by atoms with van der Waals surface area (Å²) in [4.78, 5) is 35.9. The average molecular weight is 359 g/mol. The number of carbonyl (C=O) groups excluding carboxylic acids is 3. The molecule has 2 heterocycles. The molecular formula is C15H13F4N3O3. The van der Waals surface area contributed by atoms with Crippen LogP contribution < -0.4 is 10.6 Å². The fourth-order valence-corrected chi connectivity index (χ4v) is 2.90. The Balaban J connectivity index is 1.64. The van der Waals surface area contributed by atoms with E-state index in [0.29, 0.717) is 5.56 Å². The normalized spacial score (nSPS) is 19.7. The minimum Gasteiger partial charge on any atom is -0.334 e. The highest BCUT2D eigenvalue weighted by Gasteiger charge is 2.37. The third kappa shape index (κ3) is 3.42. The molecule has 10 heteroatoms. The molecule has 0 bridgehead atoms. The Morgan fingerprint density at radius 1 is 1.20 bits per heavy atom. The zero-order valence-electron chi connectivity index (χ0n) is 12.7. The number of rotatable bonds is 3. The van der Waals surface area contributed by atoms with Crippen LogP contribution in [0, 0.1) is 5.82 Å². The summed E-state index contributed by atoms with van der Waals surface area (Å²) in [5.74, 6) is -2.29. The summed E-state index contributed by atoms with van der Waals surface area (Å²) in [5.41, 5.74) is -0.786. The molecule has 0 aliphatic carbocycles. The number of halogens is 4. The minimum absolute atomic E-state index is 0.00639. The van der Waals surface area contributed by atoms with Crippen LogP contribution in [0.2, 0.25) is 0 Å². The molecule has 0 saturated carbocycles. The van der Waals surface area contributed by atoms with Gasteiger partial charge in [-0.1, -0.05) is 0 Å². The monoisotopic (exact) mass is 359 g/mol. The van der Waals surface area contributed by atoms with E-state index in [2.05, 4.69) is 5.32 Å². The van der Waals surface area contributed by atoms with Gasteiger partial charge in [0, 0.05) is 19.5 Å². The molecule has 4 amide bonds. The second kappa shape index (κ2) is 6.01. The third-order valence-corrected chi connectivity index (χ3v) is 4.18. The zero-order chi connectivity index (χ0) is 18.4. The number of benzene rings is 1. The van der Waals surface area contributed by atoms with Gasteiger partial charge in [0.05, 0.1) is 5.56 Å². The fourth-order valence-electron chi connectivity index (χ4n) is 2.90. The molecule has 2 aliphatic rings. The maximum absolute atomic E-state index is 13.6. The lowest BCUT2D eigenvalue weighted by molar-refractivity contribution is -0.140. The van der Waals surface area contributed by atoms with Crippen molar-refractivity contribution in [3.8, 4) is 0 Å². The number of urea groups is 1. The van der Waals surface area contributed by atoms with Crippen molar-refractivity contribution < 1.29 is 31.9 Å². The molecule has 0 aromatic heterocycles. The van der Waals surface area contributed by atoms with E-state index in [9.17, 15) is 31.9 Å². The summed E-state index contributed by atoms with van der Waals surface area (Å²) in [6.07, 6.45) is -4.79. The molecular weight excluding hydrogens is 346 g/mol. The van der Waals surface area contributed by atoms with Crippen LogP contribution in [0.5, 0.6) is 0 Å². The molecule has 0 spiro atoms. The molecule has 25 heavy (non-hydrogen) atoms. The summed E-state index contributed by atoms with van der Waals surface area (Å²) in [7, 11) is 0. The number of fused-ring (bicyclic) bond motifs is 1. The average Bonchev–Trinajstić information content (AvgIpc) is 3.05. The van der Waals surface area contributed by atoms with Crippen LogP contribution in [0.15, 0.2) is 12.1 Å². The first-order valence-corrected chi connectivity index (χ1v) is 7.43. The van der Waals surface area contributed by atoms with E-state index in [-0.39, 0.29) is 37.4 Å². The second-order valence-corrected chi connectivity index (χ2v) is 5.90. The van der Waals surface area contributed by atoms with Gasteiger partial charge in [0.2, 0.25) is 5.91 Å². The Morgan fingerprint density at radius 2 is 1.84 bits per heavy atom. The van der Waals surface area contributed by atoms with Crippen molar-refractivity contribution in [2.75, 3.05) is 0 Å². The van der Waals surface area contributed by atoms with Crippen molar-refractivity contribution in [1.82, 2.24) is 15.5 Å². The summed E-state index contributed by atoms with van der Waals surface area (Å²) in [5, 5.41) is 4.39. The molecule has 1 aromatic carbocycles. The maximum Gasteiger partial charge on any atom is 0.419 e. The van der Waals surface area contributed by atoms with Crippen LogP contribution in [0.25, 0.3) is 0 Å². The Labute approximate surface area is 139 Å². The van der Waals surface area contributed by atoms with Crippen LogP contribution in [0.1, 0.15) is 29.5 Å².